The summed E-state index contributed by atoms with van der Waals surface area (Å²) in [6.45, 7) is 1.96. The molecule has 0 atom stereocenters. The van der Waals surface area contributed by atoms with Gasteiger partial charge in [-0.05, 0) is 48.4 Å². The first-order chi connectivity index (χ1) is 15.9. The van der Waals surface area contributed by atoms with Crippen molar-refractivity contribution >= 4 is 56.0 Å². The highest BCUT2D eigenvalue weighted by Gasteiger charge is 2.14. The van der Waals surface area contributed by atoms with Gasteiger partial charge in [0.2, 0.25) is 0 Å². The Balaban J connectivity index is 1.44. The van der Waals surface area contributed by atoms with Crippen molar-refractivity contribution in [3.8, 4) is 17.4 Å². The van der Waals surface area contributed by atoms with Gasteiger partial charge in [0, 0.05) is 38.6 Å². The molecule has 0 spiro atoms. The van der Waals surface area contributed by atoms with Crippen LogP contribution < -0.4 is 5.32 Å². The summed E-state index contributed by atoms with van der Waals surface area (Å²) in [5, 5.41) is 13.3. The number of hydrogen-bond donors (Lipinski definition) is 1. The van der Waals surface area contributed by atoms with Crippen molar-refractivity contribution in [3.63, 3.8) is 0 Å². The van der Waals surface area contributed by atoms with Crippen molar-refractivity contribution < 1.29 is 9.21 Å². The molecule has 2 aromatic carbocycles. The van der Waals surface area contributed by atoms with E-state index in [4.69, 9.17) is 16.0 Å². The molecule has 0 saturated carbocycles. The van der Waals surface area contributed by atoms with Crippen LogP contribution >= 0.6 is 38.9 Å². The Hall–Kier alpha value is -3.18. The van der Waals surface area contributed by atoms with Crippen LogP contribution in [0, 0.1) is 18.3 Å². The number of aryl methyl sites for hydroxylation is 1. The number of rotatable bonds is 6. The van der Waals surface area contributed by atoms with E-state index in [1.54, 1.807) is 18.3 Å². The first-order valence-electron chi connectivity index (χ1n) is 9.90. The summed E-state index contributed by atoms with van der Waals surface area (Å²) in [6, 6.07) is 19.0. The SMILES string of the molecule is Cc1ccc(Cc2cnc(NC(=O)C(C#N)=Cc3ccc(-c4ccc(Br)cc4)o3)s2)cc1Cl. The van der Waals surface area contributed by atoms with Crippen LogP contribution in [0.2, 0.25) is 5.02 Å². The van der Waals surface area contributed by atoms with Gasteiger partial charge >= 0.3 is 0 Å². The molecule has 0 saturated heterocycles. The standard InChI is InChI=1S/C25H17BrClN3O2S/c1-15-2-3-16(11-22(15)27)10-21-14-29-25(33-21)30-24(31)18(13-28)12-20-8-9-23(32-20)17-4-6-19(26)7-5-17/h2-9,11-12,14H,10H2,1H3,(H,29,30,31). The second kappa shape index (κ2) is 10.2. The summed E-state index contributed by atoms with van der Waals surface area (Å²) in [5.74, 6) is 0.515. The second-order valence-electron chi connectivity index (χ2n) is 7.22. The van der Waals surface area contributed by atoms with Gasteiger partial charge in [-0.1, -0.05) is 51.8 Å². The number of nitrogens with zero attached hydrogens (tertiary/aromatic N) is 2. The third-order valence-electron chi connectivity index (χ3n) is 4.80. The van der Waals surface area contributed by atoms with E-state index >= 15 is 0 Å². The molecule has 8 heteroatoms. The molecule has 2 heterocycles. The average molecular weight is 539 g/mol. The monoisotopic (exact) mass is 537 g/mol. The molecule has 0 bridgehead atoms. The highest BCUT2D eigenvalue weighted by atomic mass is 79.9. The molecule has 0 radical (unpaired) electrons. The molecule has 1 N–H and O–H groups in total. The third kappa shape index (κ3) is 5.79. The molecule has 2 aromatic heterocycles. The van der Waals surface area contributed by atoms with Gasteiger partial charge in [-0.15, -0.1) is 11.3 Å². The maximum absolute atomic E-state index is 12.6. The maximum Gasteiger partial charge on any atom is 0.268 e. The van der Waals surface area contributed by atoms with Crippen LogP contribution in [0.4, 0.5) is 5.13 Å². The van der Waals surface area contributed by atoms with Gasteiger partial charge in [0.1, 0.15) is 23.2 Å². The van der Waals surface area contributed by atoms with E-state index < -0.39 is 5.91 Å². The first kappa shape index (κ1) is 23.0. The summed E-state index contributed by atoms with van der Waals surface area (Å²) >= 11 is 11.0. The fourth-order valence-corrected chi connectivity index (χ4v) is 4.36. The molecule has 0 aliphatic heterocycles. The fraction of sp³-hybridized carbons (Fsp3) is 0.0800. The lowest BCUT2D eigenvalue weighted by Crippen LogP contribution is -2.13. The van der Waals surface area contributed by atoms with Gasteiger partial charge in [0.05, 0.1) is 0 Å². The number of carbonyl (C=O) groups is 1. The van der Waals surface area contributed by atoms with Gasteiger partial charge in [-0.2, -0.15) is 5.26 Å². The molecule has 1 amide bonds. The Labute approximate surface area is 208 Å². The molecule has 164 valence electrons. The van der Waals surface area contributed by atoms with E-state index in [0.29, 0.717) is 23.1 Å². The van der Waals surface area contributed by atoms with Crippen molar-refractivity contribution in [2.75, 3.05) is 5.32 Å². The van der Waals surface area contributed by atoms with Crippen LogP contribution in [0.1, 0.15) is 21.8 Å². The number of furan rings is 1. The molecule has 33 heavy (non-hydrogen) atoms. The predicted molar refractivity (Wildman–Crippen MR) is 135 cm³/mol. The minimum absolute atomic E-state index is 0.0752. The van der Waals surface area contributed by atoms with E-state index in [-0.39, 0.29) is 5.57 Å². The second-order valence-corrected chi connectivity index (χ2v) is 9.66. The van der Waals surface area contributed by atoms with Crippen molar-refractivity contribution in [2.24, 2.45) is 0 Å². The number of hydrogen-bond acceptors (Lipinski definition) is 5. The Bertz CT molecular complexity index is 1380. The molecule has 0 unspecified atom stereocenters. The normalized spacial score (nSPS) is 11.3. The molecule has 0 aliphatic carbocycles. The number of halogens is 2. The van der Waals surface area contributed by atoms with Crippen molar-refractivity contribution in [3.05, 3.63) is 97.6 Å². The number of amides is 1. The average Bonchev–Trinajstić information content (AvgIpc) is 3.44. The van der Waals surface area contributed by atoms with Gasteiger partial charge in [-0.25, -0.2) is 4.98 Å². The quantitative estimate of drug-likeness (QED) is 0.207. The van der Waals surface area contributed by atoms with Gasteiger partial charge in [0.15, 0.2) is 5.13 Å². The molecule has 0 fully saturated rings. The molecular weight excluding hydrogens is 522 g/mol. The summed E-state index contributed by atoms with van der Waals surface area (Å²) in [4.78, 5) is 17.8. The number of thiazole rings is 1. The zero-order valence-corrected chi connectivity index (χ0v) is 20.6. The molecule has 4 rings (SSSR count). The fourth-order valence-electron chi connectivity index (χ4n) is 3.05. The Morgan fingerprint density at radius 3 is 2.76 bits per heavy atom. The lowest BCUT2D eigenvalue weighted by Gasteiger charge is -2.02. The summed E-state index contributed by atoms with van der Waals surface area (Å²) < 4.78 is 6.75. The minimum Gasteiger partial charge on any atom is -0.457 e. The number of nitrogens with one attached hydrogen (secondary N) is 1. The van der Waals surface area contributed by atoms with E-state index in [2.05, 4.69) is 26.2 Å². The van der Waals surface area contributed by atoms with Crippen LogP contribution in [0.25, 0.3) is 17.4 Å². The van der Waals surface area contributed by atoms with Gasteiger partial charge in [0.25, 0.3) is 5.91 Å². The predicted octanol–water partition coefficient (Wildman–Crippen LogP) is 7.26. The van der Waals surface area contributed by atoms with Crippen LogP contribution in [0.3, 0.4) is 0 Å². The molecular formula is C25H17BrClN3O2S. The zero-order chi connectivity index (χ0) is 23.4. The lowest BCUT2D eigenvalue weighted by molar-refractivity contribution is -0.112. The van der Waals surface area contributed by atoms with Gasteiger partial charge in [-0.3, -0.25) is 10.1 Å². The summed E-state index contributed by atoms with van der Waals surface area (Å²) in [7, 11) is 0. The highest BCUT2D eigenvalue weighted by molar-refractivity contribution is 9.10. The molecule has 5 nitrogen and oxygen atoms in total. The van der Waals surface area contributed by atoms with Crippen LogP contribution in [0.15, 0.2) is 75.3 Å². The number of aromatic nitrogens is 1. The topological polar surface area (TPSA) is 78.9 Å². The lowest BCUT2D eigenvalue weighted by atomic mass is 10.1. The zero-order valence-electron chi connectivity index (χ0n) is 17.4. The maximum atomic E-state index is 12.6. The Morgan fingerprint density at radius 2 is 2.03 bits per heavy atom. The number of carbonyl (C=O) groups excluding carboxylic acids is 1. The van der Waals surface area contributed by atoms with Crippen molar-refractivity contribution in [1.29, 1.82) is 5.26 Å². The third-order valence-corrected chi connectivity index (χ3v) is 6.64. The molecule has 0 aliphatic rings. The highest BCUT2D eigenvalue weighted by Crippen LogP contribution is 2.26. The first-order valence-corrected chi connectivity index (χ1v) is 11.9. The van der Waals surface area contributed by atoms with E-state index in [1.165, 1.54) is 17.4 Å². The number of anilines is 1. The van der Waals surface area contributed by atoms with Crippen LogP contribution in [0.5, 0.6) is 0 Å². The summed E-state index contributed by atoms with van der Waals surface area (Å²) in [6.07, 6.45) is 3.78. The number of nitriles is 1. The largest absolute Gasteiger partial charge is 0.457 e. The van der Waals surface area contributed by atoms with Gasteiger partial charge < -0.3 is 4.42 Å². The van der Waals surface area contributed by atoms with Crippen LogP contribution in [-0.4, -0.2) is 10.9 Å². The van der Waals surface area contributed by atoms with E-state index in [9.17, 15) is 10.1 Å². The van der Waals surface area contributed by atoms with E-state index in [1.807, 2.05) is 55.5 Å². The molecule has 4 aromatic rings. The summed E-state index contributed by atoms with van der Waals surface area (Å²) in [5.41, 5.74) is 2.90. The Morgan fingerprint density at radius 1 is 1.24 bits per heavy atom. The van der Waals surface area contributed by atoms with Crippen molar-refractivity contribution in [2.45, 2.75) is 13.3 Å². The Kier molecular flexibility index (Phi) is 7.09. The van der Waals surface area contributed by atoms with Crippen LogP contribution in [-0.2, 0) is 11.2 Å². The number of benzene rings is 2. The van der Waals surface area contributed by atoms with Crippen molar-refractivity contribution in [1.82, 2.24) is 4.98 Å². The van der Waals surface area contributed by atoms with E-state index in [0.717, 1.165) is 31.1 Å². The smallest absolute Gasteiger partial charge is 0.268 e. The minimum atomic E-state index is -0.543.